The number of amides is 1. The summed E-state index contributed by atoms with van der Waals surface area (Å²) in [4.78, 5) is 16.4. The molecule has 3 N–H and O–H groups in total. The van der Waals surface area contributed by atoms with Gasteiger partial charge >= 0.3 is 0 Å². The molecule has 0 aliphatic heterocycles. The summed E-state index contributed by atoms with van der Waals surface area (Å²) in [6.45, 7) is 3.89. The fraction of sp³-hybridized carbons (Fsp3) is 0.286. The van der Waals surface area contributed by atoms with E-state index < -0.39 is 5.41 Å². The molecule has 0 atom stereocenters. The minimum atomic E-state index is -0.617. The van der Waals surface area contributed by atoms with Gasteiger partial charge in [0.15, 0.2) is 0 Å². The maximum Gasteiger partial charge on any atom is 0.231 e. The first-order valence-electron chi connectivity index (χ1n) is 6.00. The van der Waals surface area contributed by atoms with E-state index in [0.717, 1.165) is 5.39 Å². The molecule has 0 saturated heterocycles. The average Bonchev–Trinajstić information content (AvgIpc) is 2.42. The van der Waals surface area contributed by atoms with E-state index in [1.54, 1.807) is 32.2 Å². The predicted molar refractivity (Wildman–Crippen MR) is 78.2 cm³/mol. The Kier molecular flexibility index (Phi) is 3.73. The Labute approximate surface area is 117 Å². The Balaban J connectivity index is 2.42. The Bertz CT molecular complexity index is 625. The molecule has 0 radical (unpaired) electrons. The monoisotopic (exact) mass is 277 g/mol. The van der Waals surface area contributed by atoms with Gasteiger partial charge in [0, 0.05) is 18.1 Å². The van der Waals surface area contributed by atoms with E-state index >= 15 is 0 Å². The first-order chi connectivity index (χ1) is 8.95. The lowest BCUT2D eigenvalue weighted by Crippen LogP contribution is -2.37. The molecular formula is C14H16ClN3O. The smallest absolute Gasteiger partial charge is 0.231 e. The highest BCUT2D eigenvalue weighted by atomic mass is 35.5. The van der Waals surface area contributed by atoms with Crippen LogP contribution in [0.3, 0.4) is 0 Å². The summed E-state index contributed by atoms with van der Waals surface area (Å²) in [5.74, 6) is -0.123. The number of nitrogens with two attached hydrogens (primary N) is 1. The van der Waals surface area contributed by atoms with Crippen molar-refractivity contribution in [2.75, 3.05) is 11.9 Å². The molecule has 1 heterocycles. The molecule has 19 heavy (non-hydrogen) atoms. The number of pyridine rings is 1. The number of aromatic nitrogens is 1. The Morgan fingerprint density at radius 1 is 1.42 bits per heavy atom. The van der Waals surface area contributed by atoms with Crippen LogP contribution >= 0.6 is 11.6 Å². The standard InChI is InChI=1S/C14H16ClN3O/c1-14(2,8-16)13(19)18-11-6-5-10(15)12-9(11)4-3-7-17-12/h3-7H,8,16H2,1-2H3,(H,18,19). The van der Waals surface area contributed by atoms with E-state index in [2.05, 4.69) is 10.3 Å². The summed E-state index contributed by atoms with van der Waals surface area (Å²) >= 11 is 6.09. The number of nitrogens with one attached hydrogen (secondary N) is 1. The molecule has 100 valence electrons. The molecule has 0 aliphatic carbocycles. The quantitative estimate of drug-likeness (QED) is 0.906. The van der Waals surface area contributed by atoms with Gasteiger partial charge in [0.1, 0.15) is 0 Å². The van der Waals surface area contributed by atoms with Crippen molar-refractivity contribution in [2.45, 2.75) is 13.8 Å². The van der Waals surface area contributed by atoms with Crippen LogP contribution in [0.2, 0.25) is 5.02 Å². The lowest BCUT2D eigenvalue weighted by molar-refractivity contribution is -0.123. The van der Waals surface area contributed by atoms with Crippen molar-refractivity contribution < 1.29 is 4.79 Å². The third kappa shape index (κ3) is 2.69. The molecule has 1 aromatic heterocycles. The zero-order valence-electron chi connectivity index (χ0n) is 10.9. The molecule has 0 spiro atoms. The van der Waals surface area contributed by atoms with Crippen LogP contribution < -0.4 is 11.1 Å². The number of rotatable bonds is 3. The molecule has 0 fully saturated rings. The van der Waals surface area contributed by atoms with Gasteiger partial charge in [-0.1, -0.05) is 11.6 Å². The lowest BCUT2D eigenvalue weighted by atomic mass is 9.92. The number of halogens is 1. The number of carbonyl (C=O) groups is 1. The molecule has 4 nitrogen and oxygen atoms in total. The minimum Gasteiger partial charge on any atom is -0.329 e. The molecule has 2 rings (SSSR count). The number of hydrogen-bond acceptors (Lipinski definition) is 3. The summed E-state index contributed by atoms with van der Waals surface area (Å²) in [7, 11) is 0. The van der Waals surface area contributed by atoms with Crippen molar-refractivity contribution in [3.63, 3.8) is 0 Å². The van der Waals surface area contributed by atoms with Crippen LogP contribution in [-0.4, -0.2) is 17.4 Å². The molecule has 0 aliphatic rings. The molecular weight excluding hydrogens is 262 g/mol. The molecule has 1 amide bonds. The summed E-state index contributed by atoms with van der Waals surface area (Å²) in [6.07, 6.45) is 1.67. The third-order valence-corrected chi connectivity index (χ3v) is 3.40. The van der Waals surface area contributed by atoms with Gasteiger partial charge in [-0.15, -0.1) is 0 Å². The largest absolute Gasteiger partial charge is 0.329 e. The van der Waals surface area contributed by atoms with Crippen LogP contribution in [0.1, 0.15) is 13.8 Å². The first-order valence-corrected chi connectivity index (χ1v) is 6.38. The maximum absolute atomic E-state index is 12.1. The number of anilines is 1. The van der Waals surface area contributed by atoms with Gasteiger partial charge in [-0.25, -0.2) is 0 Å². The van der Waals surface area contributed by atoms with Crippen LogP contribution in [0, 0.1) is 5.41 Å². The summed E-state index contributed by atoms with van der Waals surface area (Å²) in [5, 5.41) is 4.26. The SMILES string of the molecule is CC(C)(CN)C(=O)Nc1ccc(Cl)c2ncccc12. The van der Waals surface area contributed by atoms with Gasteiger partial charge in [-0.2, -0.15) is 0 Å². The second-order valence-corrected chi connectivity index (χ2v) is 5.44. The van der Waals surface area contributed by atoms with E-state index in [-0.39, 0.29) is 12.5 Å². The lowest BCUT2D eigenvalue weighted by Gasteiger charge is -2.21. The molecule has 2 aromatic rings. The summed E-state index contributed by atoms with van der Waals surface area (Å²) < 4.78 is 0. The van der Waals surface area contributed by atoms with E-state index in [1.807, 2.05) is 12.1 Å². The first kappa shape index (κ1) is 13.8. The normalized spacial score (nSPS) is 11.6. The topological polar surface area (TPSA) is 68.0 Å². The number of hydrogen-bond donors (Lipinski definition) is 2. The van der Waals surface area contributed by atoms with E-state index in [0.29, 0.717) is 16.2 Å². The highest BCUT2D eigenvalue weighted by molar-refractivity contribution is 6.35. The summed E-state index contributed by atoms with van der Waals surface area (Å²) in [6, 6.07) is 7.18. The van der Waals surface area contributed by atoms with Crippen molar-refractivity contribution in [1.29, 1.82) is 0 Å². The molecule has 0 unspecified atom stereocenters. The van der Waals surface area contributed by atoms with Crippen molar-refractivity contribution in [3.05, 3.63) is 35.5 Å². The maximum atomic E-state index is 12.1. The van der Waals surface area contributed by atoms with E-state index in [4.69, 9.17) is 17.3 Å². The number of nitrogens with zero attached hydrogens (tertiary/aromatic N) is 1. The van der Waals surface area contributed by atoms with Crippen LogP contribution in [0.25, 0.3) is 10.9 Å². The highest BCUT2D eigenvalue weighted by Crippen LogP contribution is 2.29. The van der Waals surface area contributed by atoms with Gasteiger partial charge in [0.05, 0.1) is 21.6 Å². The highest BCUT2D eigenvalue weighted by Gasteiger charge is 2.26. The Morgan fingerprint density at radius 2 is 2.16 bits per heavy atom. The van der Waals surface area contributed by atoms with Gasteiger partial charge < -0.3 is 11.1 Å². The Morgan fingerprint density at radius 3 is 2.84 bits per heavy atom. The molecule has 1 aromatic carbocycles. The van der Waals surface area contributed by atoms with Crippen molar-refractivity contribution in [1.82, 2.24) is 4.98 Å². The third-order valence-electron chi connectivity index (χ3n) is 3.09. The van der Waals surface area contributed by atoms with E-state index in [9.17, 15) is 4.79 Å². The van der Waals surface area contributed by atoms with Crippen molar-refractivity contribution in [2.24, 2.45) is 11.1 Å². The van der Waals surface area contributed by atoms with E-state index in [1.165, 1.54) is 0 Å². The van der Waals surface area contributed by atoms with Gasteiger partial charge in [-0.05, 0) is 38.1 Å². The average molecular weight is 278 g/mol. The summed E-state index contributed by atoms with van der Waals surface area (Å²) in [5.41, 5.74) is 6.35. The molecule has 0 bridgehead atoms. The molecule has 5 heteroatoms. The van der Waals surface area contributed by atoms with Gasteiger partial charge in [-0.3, -0.25) is 9.78 Å². The van der Waals surface area contributed by atoms with Crippen LogP contribution in [0.4, 0.5) is 5.69 Å². The fourth-order valence-electron chi connectivity index (χ4n) is 1.63. The van der Waals surface area contributed by atoms with Crippen molar-refractivity contribution in [3.8, 4) is 0 Å². The molecule has 0 saturated carbocycles. The minimum absolute atomic E-state index is 0.123. The second-order valence-electron chi connectivity index (χ2n) is 5.04. The second kappa shape index (κ2) is 5.15. The van der Waals surface area contributed by atoms with Crippen molar-refractivity contribution >= 4 is 34.1 Å². The van der Waals surface area contributed by atoms with Crippen LogP contribution in [0.5, 0.6) is 0 Å². The number of fused-ring (bicyclic) bond motifs is 1. The van der Waals surface area contributed by atoms with Gasteiger partial charge in [0.2, 0.25) is 5.91 Å². The zero-order valence-corrected chi connectivity index (χ0v) is 11.7. The van der Waals surface area contributed by atoms with Gasteiger partial charge in [0.25, 0.3) is 0 Å². The number of carbonyl (C=O) groups excluding carboxylic acids is 1. The zero-order chi connectivity index (χ0) is 14.0. The predicted octanol–water partition coefficient (Wildman–Crippen LogP) is 2.81. The van der Waals surface area contributed by atoms with Crippen LogP contribution in [-0.2, 0) is 4.79 Å². The number of benzene rings is 1. The Hall–Kier alpha value is -1.65. The fourth-order valence-corrected chi connectivity index (χ4v) is 1.84. The van der Waals surface area contributed by atoms with Crippen LogP contribution in [0.15, 0.2) is 30.5 Å².